The summed E-state index contributed by atoms with van der Waals surface area (Å²) < 4.78 is 2.08. The molecule has 0 bridgehead atoms. The topological polar surface area (TPSA) is 36.5 Å². The molecule has 0 aliphatic rings. The Bertz CT molecular complexity index is 559. The lowest BCUT2D eigenvalue weighted by Crippen LogP contribution is -2.34. The van der Waals surface area contributed by atoms with Crippen LogP contribution in [0.2, 0.25) is 0 Å². The van der Waals surface area contributed by atoms with Crippen LogP contribution in [-0.4, -0.2) is 10.9 Å². The Morgan fingerprint density at radius 2 is 1.94 bits per heavy atom. The van der Waals surface area contributed by atoms with Crippen molar-refractivity contribution in [1.29, 1.82) is 0 Å². The molecule has 0 fully saturated rings. The van der Waals surface area contributed by atoms with E-state index in [1.807, 2.05) is 24.5 Å². The second-order valence-corrected chi connectivity index (χ2v) is 4.44. The van der Waals surface area contributed by atoms with Gasteiger partial charge in [-0.3, -0.25) is 0 Å². The van der Waals surface area contributed by atoms with Crippen LogP contribution in [0.15, 0.2) is 53.9 Å². The van der Waals surface area contributed by atoms with Gasteiger partial charge in [0.1, 0.15) is 0 Å². The fourth-order valence-electron chi connectivity index (χ4n) is 1.80. The molecule has 92 valence electrons. The molecule has 18 heavy (non-hydrogen) atoms. The van der Waals surface area contributed by atoms with E-state index in [1.165, 1.54) is 11.1 Å². The second-order valence-electron chi connectivity index (χ2n) is 4.44. The Hall–Kier alpha value is -2.16. The Balaban J connectivity index is 2.22. The lowest BCUT2D eigenvalue weighted by Gasteiger charge is -2.01. The van der Waals surface area contributed by atoms with E-state index in [2.05, 4.69) is 40.9 Å². The van der Waals surface area contributed by atoms with Crippen LogP contribution in [0.3, 0.4) is 0 Å². The van der Waals surface area contributed by atoms with Crippen LogP contribution in [0.1, 0.15) is 23.6 Å². The van der Waals surface area contributed by atoms with E-state index in [1.54, 1.807) is 6.92 Å². The third-order valence-electron chi connectivity index (χ3n) is 2.91. The molecule has 0 saturated carbocycles. The maximum Gasteiger partial charge on any atom is 0.178 e. The van der Waals surface area contributed by atoms with E-state index >= 15 is 0 Å². The summed E-state index contributed by atoms with van der Waals surface area (Å²) >= 11 is 0. The number of rotatable bonds is 3. The Morgan fingerprint density at radius 1 is 1.22 bits per heavy atom. The van der Waals surface area contributed by atoms with Gasteiger partial charge >= 0.3 is 0 Å². The number of pyridine rings is 1. The molecule has 1 aromatic heterocycles. The highest BCUT2D eigenvalue weighted by atomic mass is 16.4. The Labute approximate surface area is 107 Å². The molecule has 0 aliphatic carbocycles. The first-order chi connectivity index (χ1) is 8.69. The van der Waals surface area contributed by atoms with Gasteiger partial charge < -0.3 is 5.21 Å². The van der Waals surface area contributed by atoms with Crippen LogP contribution in [0.25, 0.3) is 0 Å². The third kappa shape index (κ3) is 2.94. The largest absolute Gasteiger partial charge is 0.411 e. The normalized spacial score (nSPS) is 11.6. The van der Waals surface area contributed by atoms with Crippen molar-refractivity contribution in [3.8, 4) is 0 Å². The third-order valence-corrected chi connectivity index (χ3v) is 2.91. The van der Waals surface area contributed by atoms with Gasteiger partial charge in [0.2, 0.25) is 0 Å². The van der Waals surface area contributed by atoms with Crippen molar-refractivity contribution in [1.82, 2.24) is 0 Å². The molecule has 0 atom stereocenters. The average Bonchev–Trinajstić information content (AvgIpc) is 2.41. The standard InChI is InChI=1S/C15H16N2O/c1-12-5-7-14(8-6-12)10-17-9-3-4-15(11-17)13(2)16-18/h3-9,11H,10H2,1-2H3/p+1/b16-13+. The number of benzene rings is 1. The smallest absolute Gasteiger partial charge is 0.178 e. The summed E-state index contributed by atoms with van der Waals surface area (Å²) in [7, 11) is 0. The molecule has 2 rings (SSSR count). The highest BCUT2D eigenvalue weighted by molar-refractivity contribution is 5.97. The van der Waals surface area contributed by atoms with Gasteiger partial charge in [-0.15, -0.1) is 0 Å². The summed E-state index contributed by atoms with van der Waals surface area (Å²) in [5, 5.41) is 12.0. The minimum Gasteiger partial charge on any atom is -0.411 e. The predicted octanol–water partition coefficient (Wildman–Crippen LogP) is 2.53. The molecule has 0 aliphatic heterocycles. The molecule has 0 amide bonds. The van der Waals surface area contributed by atoms with Crippen LogP contribution in [0.5, 0.6) is 0 Å². The van der Waals surface area contributed by atoms with Gasteiger partial charge in [-0.25, -0.2) is 4.57 Å². The Kier molecular flexibility index (Phi) is 3.72. The van der Waals surface area contributed by atoms with Crippen molar-refractivity contribution >= 4 is 5.71 Å². The number of aryl methyl sites for hydroxylation is 1. The van der Waals surface area contributed by atoms with E-state index in [4.69, 9.17) is 5.21 Å². The minimum absolute atomic E-state index is 0.619. The summed E-state index contributed by atoms with van der Waals surface area (Å²) in [5.74, 6) is 0. The minimum atomic E-state index is 0.619. The van der Waals surface area contributed by atoms with E-state index in [9.17, 15) is 0 Å². The molecule has 3 heteroatoms. The van der Waals surface area contributed by atoms with Gasteiger partial charge in [0, 0.05) is 11.6 Å². The first-order valence-electron chi connectivity index (χ1n) is 5.93. The van der Waals surface area contributed by atoms with Gasteiger partial charge in [0.05, 0.1) is 11.3 Å². The van der Waals surface area contributed by atoms with Crippen LogP contribution >= 0.6 is 0 Å². The molecule has 1 heterocycles. The molecular formula is C15H17N2O+. The van der Waals surface area contributed by atoms with Gasteiger partial charge in [-0.2, -0.15) is 0 Å². The lowest BCUT2D eigenvalue weighted by atomic mass is 10.1. The fraction of sp³-hybridized carbons (Fsp3) is 0.200. The maximum absolute atomic E-state index is 8.78. The molecule has 0 radical (unpaired) electrons. The van der Waals surface area contributed by atoms with Crippen LogP contribution in [0, 0.1) is 6.92 Å². The van der Waals surface area contributed by atoms with Gasteiger partial charge in [0.25, 0.3) is 0 Å². The van der Waals surface area contributed by atoms with E-state index in [0.717, 1.165) is 12.1 Å². The van der Waals surface area contributed by atoms with Crippen molar-refractivity contribution in [2.75, 3.05) is 0 Å². The summed E-state index contributed by atoms with van der Waals surface area (Å²) in [6.45, 7) is 4.68. The number of nitrogens with zero attached hydrogens (tertiary/aromatic N) is 2. The maximum atomic E-state index is 8.78. The number of oxime groups is 1. The molecule has 0 saturated heterocycles. The van der Waals surface area contributed by atoms with Gasteiger partial charge in [-0.05, 0) is 19.9 Å². The number of hydrogen-bond acceptors (Lipinski definition) is 2. The van der Waals surface area contributed by atoms with E-state index in [0.29, 0.717) is 5.71 Å². The predicted molar refractivity (Wildman–Crippen MR) is 70.9 cm³/mol. The molecule has 0 spiro atoms. The summed E-state index contributed by atoms with van der Waals surface area (Å²) in [4.78, 5) is 0. The molecule has 3 nitrogen and oxygen atoms in total. The van der Waals surface area contributed by atoms with Gasteiger partial charge in [-0.1, -0.05) is 35.0 Å². The average molecular weight is 241 g/mol. The number of hydrogen-bond donors (Lipinski definition) is 1. The molecular weight excluding hydrogens is 224 g/mol. The molecule has 1 N–H and O–H groups in total. The summed E-state index contributed by atoms with van der Waals surface area (Å²) in [6, 6.07) is 12.4. The summed E-state index contributed by atoms with van der Waals surface area (Å²) in [5.41, 5.74) is 4.06. The van der Waals surface area contributed by atoms with E-state index in [-0.39, 0.29) is 0 Å². The highest BCUT2D eigenvalue weighted by Crippen LogP contribution is 2.03. The van der Waals surface area contributed by atoms with E-state index < -0.39 is 0 Å². The second kappa shape index (κ2) is 5.45. The first-order valence-corrected chi connectivity index (χ1v) is 5.93. The zero-order valence-corrected chi connectivity index (χ0v) is 10.7. The monoisotopic (exact) mass is 241 g/mol. The van der Waals surface area contributed by atoms with Crippen molar-refractivity contribution in [3.05, 3.63) is 65.5 Å². The highest BCUT2D eigenvalue weighted by Gasteiger charge is 2.06. The molecule has 0 unspecified atom stereocenters. The van der Waals surface area contributed by atoms with Crippen molar-refractivity contribution in [2.24, 2.45) is 5.16 Å². The molecule has 2 aromatic rings. The number of aromatic nitrogens is 1. The van der Waals surface area contributed by atoms with Crippen molar-refractivity contribution in [2.45, 2.75) is 20.4 Å². The van der Waals surface area contributed by atoms with Crippen molar-refractivity contribution < 1.29 is 9.77 Å². The lowest BCUT2D eigenvalue weighted by molar-refractivity contribution is -0.688. The quantitative estimate of drug-likeness (QED) is 0.381. The SMILES string of the molecule is C/C(=N\O)c1ccc[n+](Cc2ccc(C)cc2)c1. The molecule has 1 aromatic carbocycles. The Morgan fingerprint density at radius 3 is 2.61 bits per heavy atom. The zero-order chi connectivity index (χ0) is 13.0. The van der Waals surface area contributed by atoms with Crippen LogP contribution < -0.4 is 4.57 Å². The summed E-state index contributed by atoms with van der Waals surface area (Å²) in [6.07, 6.45) is 3.99. The fourth-order valence-corrected chi connectivity index (χ4v) is 1.80. The van der Waals surface area contributed by atoms with Crippen LogP contribution in [-0.2, 0) is 6.54 Å². The zero-order valence-electron chi connectivity index (χ0n) is 10.7. The first kappa shape index (κ1) is 12.3. The van der Waals surface area contributed by atoms with Crippen LogP contribution in [0.4, 0.5) is 0 Å². The van der Waals surface area contributed by atoms with Crippen molar-refractivity contribution in [3.63, 3.8) is 0 Å². The van der Waals surface area contributed by atoms with Gasteiger partial charge in [0.15, 0.2) is 18.9 Å².